The molecule has 0 spiro atoms. The van der Waals surface area contributed by atoms with E-state index in [0.717, 1.165) is 23.1 Å². The van der Waals surface area contributed by atoms with Crippen LogP contribution in [0.1, 0.15) is 18.9 Å². The summed E-state index contributed by atoms with van der Waals surface area (Å²) in [5.74, 6) is 0.342. The average Bonchev–Trinajstić information content (AvgIpc) is 2.24. The molecule has 0 saturated carbocycles. The zero-order chi connectivity index (χ0) is 11.3. The molecule has 1 atom stereocenters. The van der Waals surface area contributed by atoms with E-state index in [2.05, 4.69) is 41.2 Å². The molecule has 0 radical (unpaired) electrons. The number of aryl methyl sites for hydroxylation is 1. The van der Waals surface area contributed by atoms with Gasteiger partial charge in [-0.2, -0.15) is 0 Å². The van der Waals surface area contributed by atoms with Crippen molar-refractivity contribution in [2.24, 2.45) is 5.92 Å². The molecule has 0 aliphatic rings. The molecule has 0 fully saturated rings. The van der Waals surface area contributed by atoms with Crippen molar-refractivity contribution in [3.05, 3.63) is 28.2 Å². The monoisotopic (exact) mass is 271 g/mol. The molecule has 0 aliphatic carbocycles. The summed E-state index contributed by atoms with van der Waals surface area (Å²) in [5.41, 5.74) is 2.33. The summed E-state index contributed by atoms with van der Waals surface area (Å²) >= 11 is 3.47. The van der Waals surface area contributed by atoms with Crippen molar-refractivity contribution in [3.63, 3.8) is 0 Å². The van der Waals surface area contributed by atoms with E-state index in [0.29, 0.717) is 5.92 Å². The quantitative estimate of drug-likeness (QED) is 0.862. The van der Waals surface area contributed by atoms with Crippen LogP contribution in [0.2, 0.25) is 0 Å². The van der Waals surface area contributed by atoms with Crippen molar-refractivity contribution in [2.75, 3.05) is 18.5 Å². The van der Waals surface area contributed by atoms with Crippen molar-refractivity contribution in [2.45, 2.75) is 20.3 Å². The Kier molecular flexibility index (Phi) is 5.12. The molecule has 2 nitrogen and oxygen atoms in total. The Morgan fingerprint density at radius 3 is 2.73 bits per heavy atom. The maximum atomic E-state index is 9.06. The second kappa shape index (κ2) is 6.13. The minimum absolute atomic E-state index is 0.249. The van der Waals surface area contributed by atoms with E-state index in [-0.39, 0.29) is 6.61 Å². The molecule has 0 aliphatic heterocycles. The highest BCUT2D eigenvalue weighted by Gasteiger charge is 2.04. The molecule has 0 saturated heterocycles. The van der Waals surface area contributed by atoms with Gasteiger partial charge in [-0.05, 0) is 43.0 Å². The van der Waals surface area contributed by atoms with Crippen LogP contribution in [0.15, 0.2) is 22.7 Å². The first kappa shape index (κ1) is 12.5. The molecule has 0 bridgehead atoms. The zero-order valence-corrected chi connectivity index (χ0v) is 10.8. The van der Waals surface area contributed by atoms with Gasteiger partial charge in [0.05, 0.1) is 0 Å². The number of nitrogens with one attached hydrogen (secondary N) is 1. The van der Waals surface area contributed by atoms with E-state index in [1.165, 1.54) is 5.56 Å². The van der Waals surface area contributed by atoms with Crippen molar-refractivity contribution >= 4 is 21.6 Å². The van der Waals surface area contributed by atoms with Crippen LogP contribution in [-0.2, 0) is 0 Å². The number of aliphatic hydroxyl groups is 1. The fourth-order valence-corrected chi connectivity index (χ4v) is 1.60. The van der Waals surface area contributed by atoms with E-state index < -0.39 is 0 Å². The number of hydrogen-bond donors (Lipinski definition) is 2. The summed E-state index contributed by atoms with van der Waals surface area (Å²) in [6.45, 7) is 5.24. The minimum atomic E-state index is 0.249. The Balaban J connectivity index is 2.54. The maximum absolute atomic E-state index is 9.06. The van der Waals surface area contributed by atoms with Gasteiger partial charge in [-0.3, -0.25) is 0 Å². The SMILES string of the molecule is CCC(CO)CNc1ccc(Br)c(C)c1. The van der Waals surface area contributed by atoms with Gasteiger partial charge >= 0.3 is 0 Å². The van der Waals surface area contributed by atoms with Crippen LogP contribution in [0, 0.1) is 12.8 Å². The number of halogens is 1. The third-order valence-corrected chi connectivity index (χ3v) is 3.48. The van der Waals surface area contributed by atoms with Gasteiger partial charge in [-0.15, -0.1) is 0 Å². The lowest BCUT2D eigenvalue weighted by Gasteiger charge is -2.14. The van der Waals surface area contributed by atoms with E-state index >= 15 is 0 Å². The van der Waals surface area contributed by atoms with Gasteiger partial charge in [0.15, 0.2) is 0 Å². The van der Waals surface area contributed by atoms with Gasteiger partial charge in [-0.1, -0.05) is 22.9 Å². The van der Waals surface area contributed by atoms with Crippen LogP contribution < -0.4 is 5.32 Å². The summed E-state index contributed by atoms with van der Waals surface area (Å²) < 4.78 is 1.13. The van der Waals surface area contributed by atoms with E-state index in [1.807, 2.05) is 12.1 Å². The molecule has 1 unspecified atom stereocenters. The molecule has 1 rings (SSSR count). The van der Waals surface area contributed by atoms with Crippen LogP contribution in [0.5, 0.6) is 0 Å². The van der Waals surface area contributed by atoms with Gasteiger partial charge in [0.1, 0.15) is 0 Å². The summed E-state index contributed by atoms with van der Waals surface area (Å²) in [6.07, 6.45) is 0.999. The predicted molar refractivity (Wildman–Crippen MR) is 68.2 cm³/mol. The smallest absolute Gasteiger partial charge is 0.0475 e. The second-order valence-corrected chi connectivity index (χ2v) is 4.66. The summed E-state index contributed by atoms with van der Waals surface area (Å²) in [5, 5.41) is 12.4. The second-order valence-electron chi connectivity index (χ2n) is 3.80. The molecule has 84 valence electrons. The molecular weight excluding hydrogens is 254 g/mol. The highest BCUT2D eigenvalue weighted by Crippen LogP contribution is 2.20. The molecule has 1 aromatic carbocycles. The first-order chi connectivity index (χ1) is 7.17. The van der Waals surface area contributed by atoms with Crippen LogP contribution in [0.25, 0.3) is 0 Å². The Bertz CT molecular complexity index is 310. The number of anilines is 1. The lowest BCUT2D eigenvalue weighted by Crippen LogP contribution is -2.16. The highest BCUT2D eigenvalue weighted by atomic mass is 79.9. The van der Waals surface area contributed by atoms with Crippen molar-refractivity contribution in [1.29, 1.82) is 0 Å². The van der Waals surface area contributed by atoms with Crippen LogP contribution in [0.4, 0.5) is 5.69 Å². The molecule has 1 aromatic rings. The van der Waals surface area contributed by atoms with Crippen molar-refractivity contribution < 1.29 is 5.11 Å². The Labute approximate surface area is 99.8 Å². The summed E-state index contributed by atoms with van der Waals surface area (Å²) in [4.78, 5) is 0. The highest BCUT2D eigenvalue weighted by molar-refractivity contribution is 9.10. The Morgan fingerprint density at radius 2 is 2.20 bits per heavy atom. The average molecular weight is 272 g/mol. The first-order valence-corrected chi connectivity index (χ1v) is 6.07. The van der Waals surface area contributed by atoms with Crippen LogP contribution >= 0.6 is 15.9 Å². The Hall–Kier alpha value is -0.540. The van der Waals surface area contributed by atoms with Gasteiger partial charge in [0, 0.05) is 23.3 Å². The predicted octanol–water partition coefficient (Wildman–Crippen LogP) is 3.19. The standard InChI is InChI=1S/C12H18BrNO/c1-3-10(8-15)7-14-11-4-5-12(13)9(2)6-11/h4-6,10,14-15H,3,7-8H2,1-2H3. The third kappa shape index (κ3) is 3.84. The normalized spacial score (nSPS) is 12.5. The van der Waals surface area contributed by atoms with Gasteiger partial charge < -0.3 is 10.4 Å². The largest absolute Gasteiger partial charge is 0.396 e. The van der Waals surface area contributed by atoms with E-state index in [9.17, 15) is 0 Å². The maximum Gasteiger partial charge on any atom is 0.0475 e. The van der Waals surface area contributed by atoms with Gasteiger partial charge in [0.2, 0.25) is 0 Å². The fraction of sp³-hybridized carbons (Fsp3) is 0.500. The summed E-state index contributed by atoms with van der Waals surface area (Å²) in [7, 11) is 0. The van der Waals surface area contributed by atoms with E-state index in [4.69, 9.17) is 5.11 Å². The van der Waals surface area contributed by atoms with Crippen molar-refractivity contribution in [1.82, 2.24) is 0 Å². The zero-order valence-electron chi connectivity index (χ0n) is 9.26. The Morgan fingerprint density at radius 1 is 1.47 bits per heavy atom. The number of benzene rings is 1. The number of hydrogen-bond acceptors (Lipinski definition) is 2. The number of rotatable bonds is 5. The molecule has 0 aromatic heterocycles. The lowest BCUT2D eigenvalue weighted by molar-refractivity contribution is 0.230. The van der Waals surface area contributed by atoms with Crippen LogP contribution in [0.3, 0.4) is 0 Å². The topological polar surface area (TPSA) is 32.3 Å². The molecule has 15 heavy (non-hydrogen) atoms. The van der Waals surface area contributed by atoms with Crippen LogP contribution in [-0.4, -0.2) is 18.3 Å². The third-order valence-electron chi connectivity index (χ3n) is 2.59. The van der Waals surface area contributed by atoms with Crippen molar-refractivity contribution in [3.8, 4) is 0 Å². The molecule has 3 heteroatoms. The summed E-state index contributed by atoms with van der Waals surface area (Å²) in [6, 6.07) is 6.19. The molecular formula is C12H18BrNO. The van der Waals surface area contributed by atoms with Gasteiger partial charge in [-0.25, -0.2) is 0 Å². The minimum Gasteiger partial charge on any atom is -0.396 e. The van der Waals surface area contributed by atoms with Gasteiger partial charge in [0.25, 0.3) is 0 Å². The molecule has 2 N–H and O–H groups in total. The molecule has 0 amide bonds. The lowest BCUT2D eigenvalue weighted by atomic mass is 10.1. The molecule has 0 heterocycles. The van der Waals surface area contributed by atoms with E-state index in [1.54, 1.807) is 0 Å². The first-order valence-electron chi connectivity index (χ1n) is 5.28. The number of aliphatic hydroxyl groups excluding tert-OH is 1. The fourth-order valence-electron chi connectivity index (χ4n) is 1.35.